The fraction of sp³-hybridized carbons (Fsp3) is 0.286. The van der Waals surface area contributed by atoms with Crippen LogP contribution >= 0.6 is 11.6 Å². The first kappa shape index (κ1) is 15.6. The number of anilines is 1. The van der Waals surface area contributed by atoms with E-state index in [2.05, 4.69) is 15.3 Å². The first-order valence-electron chi connectivity index (χ1n) is 6.31. The average Bonchev–Trinajstić information content (AvgIpc) is 2.44. The van der Waals surface area contributed by atoms with Crippen LogP contribution < -0.4 is 5.32 Å². The molecule has 0 aliphatic rings. The number of nitrogens with zero attached hydrogens (tertiary/aromatic N) is 2. The lowest BCUT2D eigenvalue weighted by Gasteiger charge is -2.15. The van der Waals surface area contributed by atoms with Gasteiger partial charge in [0.25, 0.3) is 0 Å². The number of halogens is 4. The Labute approximate surface area is 125 Å². The summed E-state index contributed by atoms with van der Waals surface area (Å²) >= 11 is 5.94. The van der Waals surface area contributed by atoms with Gasteiger partial charge in [-0.1, -0.05) is 36.7 Å². The summed E-state index contributed by atoms with van der Waals surface area (Å²) in [6.07, 6.45) is -2.52. The first-order chi connectivity index (χ1) is 9.93. The van der Waals surface area contributed by atoms with E-state index in [0.717, 1.165) is 6.07 Å². The smallest absolute Gasteiger partial charge is 0.366 e. The quantitative estimate of drug-likeness (QED) is 0.854. The molecule has 1 heterocycles. The van der Waals surface area contributed by atoms with Crippen LogP contribution in [0.1, 0.15) is 23.6 Å². The summed E-state index contributed by atoms with van der Waals surface area (Å²) in [5, 5.41) is 3.20. The summed E-state index contributed by atoms with van der Waals surface area (Å²) in [5.41, 5.74) is 0.182. The Balaban J connectivity index is 2.24. The van der Waals surface area contributed by atoms with Gasteiger partial charge in [-0.25, -0.2) is 9.97 Å². The predicted octanol–water partition coefficient (Wildman–Crippen LogP) is 4.32. The minimum Gasteiger partial charge on any atom is -0.366 e. The van der Waals surface area contributed by atoms with E-state index in [1.54, 1.807) is 6.07 Å². The summed E-state index contributed by atoms with van der Waals surface area (Å²) in [6, 6.07) is 5.43. The van der Waals surface area contributed by atoms with Crippen LogP contribution in [-0.4, -0.2) is 9.97 Å². The number of hydrogen-bond donors (Lipinski definition) is 1. The molecule has 0 aliphatic heterocycles. The zero-order valence-corrected chi connectivity index (χ0v) is 12.0. The Morgan fingerprint density at radius 1 is 1.19 bits per heavy atom. The van der Waals surface area contributed by atoms with Gasteiger partial charge in [-0.15, -0.1) is 0 Å². The van der Waals surface area contributed by atoms with Crippen molar-refractivity contribution in [3.05, 3.63) is 52.4 Å². The van der Waals surface area contributed by atoms with Gasteiger partial charge < -0.3 is 5.32 Å². The summed E-state index contributed by atoms with van der Waals surface area (Å²) in [6.45, 7) is 1.88. The molecule has 7 heteroatoms. The molecular formula is C14H13ClF3N3. The van der Waals surface area contributed by atoms with Crippen LogP contribution in [0.2, 0.25) is 5.15 Å². The molecule has 0 saturated carbocycles. The number of nitrogens with one attached hydrogen (secondary N) is 1. The first-order valence-corrected chi connectivity index (χ1v) is 6.69. The number of rotatable bonds is 4. The van der Waals surface area contributed by atoms with Crippen LogP contribution in [0.15, 0.2) is 30.6 Å². The highest BCUT2D eigenvalue weighted by atomic mass is 35.5. The van der Waals surface area contributed by atoms with Gasteiger partial charge in [-0.05, 0) is 18.1 Å². The van der Waals surface area contributed by atoms with E-state index >= 15 is 0 Å². The van der Waals surface area contributed by atoms with Gasteiger partial charge >= 0.3 is 6.18 Å². The molecule has 1 N–H and O–H groups in total. The molecule has 1 aromatic carbocycles. The third-order valence-corrected chi connectivity index (χ3v) is 3.34. The second-order valence-electron chi connectivity index (χ2n) is 4.35. The van der Waals surface area contributed by atoms with Crippen molar-refractivity contribution in [1.82, 2.24) is 9.97 Å². The second kappa shape index (κ2) is 6.30. The fourth-order valence-electron chi connectivity index (χ4n) is 1.99. The normalized spacial score (nSPS) is 11.5. The highest BCUT2D eigenvalue weighted by Gasteiger charge is 2.32. The topological polar surface area (TPSA) is 37.8 Å². The zero-order valence-electron chi connectivity index (χ0n) is 11.2. The molecular weight excluding hydrogens is 303 g/mol. The minimum atomic E-state index is -4.38. The SMILES string of the molecule is CCc1c(Cl)ncnc1NCc1ccccc1C(F)(F)F. The molecule has 0 spiro atoms. The Morgan fingerprint density at radius 3 is 2.57 bits per heavy atom. The zero-order chi connectivity index (χ0) is 15.5. The predicted molar refractivity (Wildman–Crippen MR) is 75.2 cm³/mol. The van der Waals surface area contributed by atoms with Crippen LogP contribution in [0.5, 0.6) is 0 Å². The molecule has 2 rings (SSSR count). The summed E-state index contributed by atoms with van der Waals surface area (Å²) < 4.78 is 38.7. The van der Waals surface area contributed by atoms with Crippen molar-refractivity contribution in [1.29, 1.82) is 0 Å². The van der Waals surface area contributed by atoms with E-state index in [4.69, 9.17) is 11.6 Å². The molecule has 2 aromatic rings. The van der Waals surface area contributed by atoms with E-state index in [0.29, 0.717) is 23.0 Å². The van der Waals surface area contributed by atoms with Gasteiger partial charge in [0, 0.05) is 12.1 Å². The van der Waals surface area contributed by atoms with Crippen molar-refractivity contribution in [2.75, 3.05) is 5.32 Å². The summed E-state index contributed by atoms with van der Waals surface area (Å²) in [5.74, 6) is 0.453. The molecule has 21 heavy (non-hydrogen) atoms. The monoisotopic (exact) mass is 315 g/mol. The molecule has 0 amide bonds. The molecule has 1 aromatic heterocycles. The van der Waals surface area contributed by atoms with Crippen LogP contribution in [0.25, 0.3) is 0 Å². The van der Waals surface area contributed by atoms with Crippen molar-refractivity contribution in [2.24, 2.45) is 0 Å². The standard InChI is InChI=1S/C14H13ClF3N3/c1-2-10-12(15)20-8-21-13(10)19-7-9-5-3-4-6-11(9)14(16,17)18/h3-6,8H,2,7H2,1H3,(H,19,20,21). The highest BCUT2D eigenvalue weighted by Crippen LogP contribution is 2.32. The van der Waals surface area contributed by atoms with E-state index in [1.807, 2.05) is 6.92 Å². The highest BCUT2D eigenvalue weighted by molar-refractivity contribution is 6.30. The van der Waals surface area contributed by atoms with E-state index in [9.17, 15) is 13.2 Å². The van der Waals surface area contributed by atoms with Crippen LogP contribution in [0.3, 0.4) is 0 Å². The molecule has 112 valence electrons. The van der Waals surface area contributed by atoms with E-state index in [1.165, 1.54) is 18.5 Å². The summed E-state index contributed by atoms with van der Waals surface area (Å²) in [4.78, 5) is 7.89. The Bertz CT molecular complexity index is 629. The van der Waals surface area contributed by atoms with Gasteiger partial charge in [-0.3, -0.25) is 0 Å². The van der Waals surface area contributed by atoms with Gasteiger partial charge in [0.1, 0.15) is 17.3 Å². The Morgan fingerprint density at radius 2 is 1.90 bits per heavy atom. The van der Waals surface area contributed by atoms with Gasteiger partial charge in [0.15, 0.2) is 0 Å². The van der Waals surface area contributed by atoms with Crippen molar-refractivity contribution < 1.29 is 13.2 Å². The number of benzene rings is 1. The third kappa shape index (κ3) is 3.64. The van der Waals surface area contributed by atoms with Crippen LogP contribution in [0.4, 0.5) is 19.0 Å². The van der Waals surface area contributed by atoms with E-state index in [-0.39, 0.29) is 12.1 Å². The average molecular weight is 316 g/mol. The molecule has 0 saturated heterocycles. The van der Waals surface area contributed by atoms with E-state index < -0.39 is 11.7 Å². The lowest BCUT2D eigenvalue weighted by molar-refractivity contribution is -0.138. The fourth-order valence-corrected chi connectivity index (χ4v) is 2.25. The molecule has 0 atom stereocenters. The third-order valence-electron chi connectivity index (χ3n) is 3.02. The molecule has 0 unspecified atom stereocenters. The minimum absolute atomic E-state index is 0.00995. The molecule has 3 nitrogen and oxygen atoms in total. The maximum absolute atomic E-state index is 12.9. The lowest BCUT2D eigenvalue weighted by atomic mass is 10.1. The van der Waals surface area contributed by atoms with Crippen molar-refractivity contribution in [3.8, 4) is 0 Å². The largest absolute Gasteiger partial charge is 0.416 e. The lowest BCUT2D eigenvalue weighted by Crippen LogP contribution is -2.13. The van der Waals surface area contributed by atoms with Crippen molar-refractivity contribution >= 4 is 17.4 Å². The molecule has 0 bridgehead atoms. The van der Waals surface area contributed by atoms with Gasteiger partial charge in [-0.2, -0.15) is 13.2 Å². The van der Waals surface area contributed by atoms with Crippen molar-refractivity contribution in [3.63, 3.8) is 0 Å². The van der Waals surface area contributed by atoms with Gasteiger partial charge in [0.2, 0.25) is 0 Å². The molecule has 0 aliphatic carbocycles. The molecule has 0 fully saturated rings. The maximum Gasteiger partial charge on any atom is 0.416 e. The second-order valence-corrected chi connectivity index (χ2v) is 4.71. The van der Waals surface area contributed by atoms with Crippen LogP contribution in [0, 0.1) is 0 Å². The number of hydrogen-bond acceptors (Lipinski definition) is 3. The Hall–Kier alpha value is -1.82. The number of alkyl halides is 3. The number of aromatic nitrogens is 2. The van der Waals surface area contributed by atoms with Gasteiger partial charge in [0.05, 0.1) is 5.56 Å². The van der Waals surface area contributed by atoms with Crippen LogP contribution in [-0.2, 0) is 19.1 Å². The maximum atomic E-state index is 12.9. The Kier molecular flexibility index (Phi) is 4.67. The molecule has 0 radical (unpaired) electrons. The van der Waals surface area contributed by atoms with Crippen molar-refractivity contribution in [2.45, 2.75) is 26.1 Å². The summed E-state index contributed by atoms with van der Waals surface area (Å²) in [7, 11) is 0.